The lowest BCUT2D eigenvalue weighted by molar-refractivity contribution is -0.0391. The van der Waals surface area contributed by atoms with Crippen molar-refractivity contribution in [1.29, 1.82) is 0 Å². The van der Waals surface area contributed by atoms with Crippen LogP contribution in [0, 0.1) is 5.82 Å². The first-order valence-electron chi connectivity index (χ1n) is 10.9. The Bertz CT molecular complexity index is 1370. The molecule has 4 aromatic rings. The van der Waals surface area contributed by atoms with Crippen LogP contribution >= 0.6 is 0 Å². The number of benzene rings is 2. The van der Waals surface area contributed by atoms with Crippen LogP contribution < -0.4 is 0 Å². The average molecular weight is 445 g/mol. The second-order valence-electron chi connectivity index (χ2n) is 8.36. The van der Waals surface area contributed by atoms with Crippen LogP contribution in [0.2, 0.25) is 0 Å². The molecule has 0 saturated carbocycles. The Hall–Kier alpha value is -3.65. The van der Waals surface area contributed by atoms with E-state index in [0.29, 0.717) is 28.8 Å². The van der Waals surface area contributed by atoms with Gasteiger partial charge < -0.3 is 9.64 Å². The first-order chi connectivity index (χ1) is 16.0. The van der Waals surface area contributed by atoms with Crippen LogP contribution in [0.3, 0.4) is 0 Å². The number of aliphatic imine (C=N–C) groups is 1. The van der Waals surface area contributed by atoms with E-state index in [4.69, 9.17) is 4.74 Å². The fourth-order valence-electron chi connectivity index (χ4n) is 4.12. The summed E-state index contributed by atoms with van der Waals surface area (Å²) in [6.45, 7) is 0.644. The number of hydrogen-bond acceptors (Lipinski definition) is 5. The van der Waals surface area contributed by atoms with E-state index in [2.05, 4.69) is 15.1 Å². The number of carbonyl (C=O) groups excluding carboxylic acids is 1. The highest BCUT2D eigenvalue weighted by Gasteiger charge is 2.24. The summed E-state index contributed by atoms with van der Waals surface area (Å²) in [5.74, 6) is -0.758. The molecule has 2 aromatic heterocycles. The summed E-state index contributed by atoms with van der Waals surface area (Å²) in [6, 6.07) is 10.3. The van der Waals surface area contributed by atoms with Crippen LogP contribution in [-0.4, -0.2) is 52.5 Å². The molecule has 1 fully saturated rings. The van der Waals surface area contributed by atoms with Crippen LogP contribution in [0.25, 0.3) is 21.8 Å². The standard InChI is InChI=1S/C25H24FN5O2/c1-30(2)15-28-23-17-7-3-4-8-21(17)27-13-18(23)25(32)16-10-11-20(26)24-19(16)14-31(29-24)22-9-5-6-12-33-22/h3-4,7-8,10-11,13-15,22H,5-6,9,12H2,1-2H3/b28-15+. The second-order valence-corrected chi connectivity index (χ2v) is 8.36. The fourth-order valence-corrected chi connectivity index (χ4v) is 4.12. The molecule has 0 amide bonds. The van der Waals surface area contributed by atoms with Crippen LogP contribution in [-0.2, 0) is 4.74 Å². The van der Waals surface area contributed by atoms with Crippen LogP contribution in [0.5, 0.6) is 0 Å². The molecular weight excluding hydrogens is 421 g/mol. The summed E-state index contributed by atoms with van der Waals surface area (Å²) < 4.78 is 22.1. The molecule has 0 N–H and O–H groups in total. The molecule has 1 unspecified atom stereocenters. The van der Waals surface area contributed by atoms with Crippen molar-refractivity contribution in [3.8, 4) is 0 Å². The van der Waals surface area contributed by atoms with Gasteiger partial charge in [0, 0.05) is 49.4 Å². The minimum absolute atomic E-state index is 0.155. The Labute approximate surface area is 190 Å². The number of carbonyl (C=O) groups is 1. The molecule has 0 bridgehead atoms. The highest BCUT2D eigenvalue weighted by molar-refractivity contribution is 6.20. The van der Waals surface area contributed by atoms with Gasteiger partial charge in [-0.15, -0.1) is 0 Å². The molecule has 1 aliphatic heterocycles. The van der Waals surface area contributed by atoms with Crippen molar-refractivity contribution in [2.24, 2.45) is 4.99 Å². The molecule has 3 heterocycles. The van der Waals surface area contributed by atoms with Gasteiger partial charge in [0.25, 0.3) is 0 Å². The summed E-state index contributed by atoms with van der Waals surface area (Å²) in [5, 5.41) is 5.64. The zero-order chi connectivity index (χ0) is 22.9. The summed E-state index contributed by atoms with van der Waals surface area (Å²) in [6.07, 6.45) is 7.46. The molecule has 1 aliphatic rings. The zero-order valence-electron chi connectivity index (χ0n) is 18.5. The lowest BCUT2D eigenvalue weighted by Crippen LogP contribution is -2.18. The number of rotatable bonds is 5. The number of ketones is 1. The molecule has 5 rings (SSSR count). The molecule has 168 valence electrons. The van der Waals surface area contributed by atoms with Gasteiger partial charge in [-0.25, -0.2) is 14.1 Å². The molecule has 7 nitrogen and oxygen atoms in total. The third-order valence-electron chi connectivity index (χ3n) is 5.75. The summed E-state index contributed by atoms with van der Waals surface area (Å²) in [5.41, 5.74) is 2.13. The Morgan fingerprint density at radius 2 is 2.03 bits per heavy atom. The molecule has 8 heteroatoms. The number of aromatic nitrogens is 3. The average Bonchev–Trinajstić information content (AvgIpc) is 3.29. The van der Waals surface area contributed by atoms with Crippen LogP contribution in [0.1, 0.15) is 41.4 Å². The van der Waals surface area contributed by atoms with Gasteiger partial charge in [0.1, 0.15) is 11.7 Å². The van der Waals surface area contributed by atoms with Crippen molar-refractivity contribution in [3.05, 3.63) is 65.7 Å². The second kappa shape index (κ2) is 8.71. The maximum atomic E-state index is 14.6. The van der Waals surface area contributed by atoms with Gasteiger partial charge in [-0.05, 0) is 37.5 Å². The van der Waals surface area contributed by atoms with Crippen molar-refractivity contribution in [2.45, 2.75) is 25.5 Å². The number of nitrogens with zero attached hydrogens (tertiary/aromatic N) is 5. The van der Waals surface area contributed by atoms with Gasteiger partial charge in [-0.3, -0.25) is 9.78 Å². The van der Waals surface area contributed by atoms with Crippen molar-refractivity contribution < 1.29 is 13.9 Å². The predicted molar refractivity (Wildman–Crippen MR) is 126 cm³/mol. The largest absolute Gasteiger partial charge is 0.369 e. The maximum absolute atomic E-state index is 14.6. The van der Waals surface area contributed by atoms with Crippen molar-refractivity contribution >= 4 is 39.6 Å². The molecule has 1 saturated heterocycles. The quantitative estimate of drug-likeness (QED) is 0.249. The molecule has 0 radical (unpaired) electrons. The minimum Gasteiger partial charge on any atom is -0.369 e. The number of pyridine rings is 1. The van der Waals surface area contributed by atoms with Crippen molar-refractivity contribution in [2.75, 3.05) is 20.7 Å². The SMILES string of the molecule is CN(C)/C=N/c1c(C(=O)c2ccc(F)c3nn(C4CCCCO4)cc23)cnc2ccccc12. The van der Waals surface area contributed by atoms with Crippen molar-refractivity contribution in [3.63, 3.8) is 0 Å². The van der Waals surface area contributed by atoms with Gasteiger partial charge in [0.15, 0.2) is 11.6 Å². The van der Waals surface area contributed by atoms with Crippen LogP contribution in [0.4, 0.5) is 10.1 Å². The van der Waals surface area contributed by atoms with E-state index in [-0.39, 0.29) is 17.5 Å². The monoisotopic (exact) mass is 445 g/mol. The molecule has 2 aromatic carbocycles. The topological polar surface area (TPSA) is 72.6 Å². The molecule has 33 heavy (non-hydrogen) atoms. The number of para-hydroxylation sites is 1. The Morgan fingerprint density at radius 1 is 1.18 bits per heavy atom. The minimum atomic E-state index is -0.474. The lowest BCUT2D eigenvalue weighted by Gasteiger charge is -2.22. The number of hydrogen-bond donors (Lipinski definition) is 0. The number of halogens is 1. The van der Waals surface area contributed by atoms with Gasteiger partial charge >= 0.3 is 0 Å². The third kappa shape index (κ3) is 3.98. The Balaban J connectivity index is 1.65. The molecular formula is C25H24FN5O2. The van der Waals surface area contributed by atoms with E-state index in [1.54, 1.807) is 22.1 Å². The van der Waals surface area contributed by atoms with Crippen molar-refractivity contribution in [1.82, 2.24) is 19.7 Å². The molecule has 1 atom stereocenters. The van der Waals surface area contributed by atoms with E-state index in [1.807, 2.05) is 38.4 Å². The summed E-state index contributed by atoms with van der Waals surface area (Å²) >= 11 is 0. The van der Waals surface area contributed by atoms with E-state index in [1.165, 1.54) is 18.3 Å². The van der Waals surface area contributed by atoms with E-state index >= 15 is 0 Å². The smallest absolute Gasteiger partial charge is 0.197 e. The first-order valence-corrected chi connectivity index (χ1v) is 10.9. The predicted octanol–water partition coefficient (Wildman–Crippen LogP) is 4.88. The highest BCUT2D eigenvalue weighted by Crippen LogP contribution is 2.33. The van der Waals surface area contributed by atoms with Gasteiger partial charge in [0.2, 0.25) is 0 Å². The molecule has 0 spiro atoms. The highest BCUT2D eigenvalue weighted by atomic mass is 19.1. The third-order valence-corrected chi connectivity index (χ3v) is 5.75. The van der Waals surface area contributed by atoms with Gasteiger partial charge in [0.05, 0.1) is 23.1 Å². The van der Waals surface area contributed by atoms with Gasteiger partial charge in [-0.1, -0.05) is 18.2 Å². The van der Waals surface area contributed by atoms with Gasteiger partial charge in [-0.2, -0.15) is 5.10 Å². The Kier molecular flexibility index (Phi) is 5.60. The first kappa shape index (κ1) is 21.2. The van der Waals surface area contributed by atoms with E-state index in [0.717, 1.165) is 30.2 Å². The van der Waals surface area contributed by atoms with E-state index in [9.17, 15) is 9.18 Å². The lowest BCUT2D eigenvalue weighted by atomic mass is 9.98. The summed E-state index contributed by atoms with van der Waals surface area (Å²) in [7, 11) is 3.72. The fraction of sp³-hybridized carbons (Fsp3) is 0.280. The van der Waals surface area contributed by atoms with Crippen LogP contribution in [0.15, 0.2) is 53.8 Å². The Morgan fingerprint density at radius 3 is 2.82 bits per heavy atom. The molecule has 0 aliphatic carbocycles. The normalized spacial score (nSPS) is 16.6. The summed E-state index contributed by atoms with van der Waals surface area (Å²) in [4.78, 5) is 24.6. The number of ether oxygens (including phenoxy) is 1. The van der Waals surface area contributed by atoms with E-state index < -0.39 is 5.82 Å². The maximum Gasteiger partial charge on any atom is 0.197 e. The number of fused-ring (bicyclic) bond motifs is 2. The zero-order valence-corrected chi connectivity index (χ0v) is 18.5.